The molecule has 0 spiro atoms. The molecule has 0 radical (unpaired) electrons. The van der Waals surface area contributed by atoms with E-state index in [4.69, 9.17) is 0 Å². The maximum atomic E-state index is 11.2. The van der Waals surface area contributed by atoms with Crippen molar-refractivity contribution >= 4 is 11.4 Å². The minimum absolute atomic E-state index is 0.213. The maximum Gasteiger partial charge on any atom is 0.384 e. The number of H-pyrrole nitrogens is 1. The predicted molar refractivity (Wildman–Crippen MR) is 64.2 cm³/mol. The van der Waals surface area contributed by atoms with Crippen molar-refractivity contribution in [2.24, 2.45) is 10.2 Å². The molecule has 5 nitrogen and oxygen atoms in total. The molecule has 0 unspecified atom stereocenters. The van der Waals surface area contributed by atoms with Crippen LogP contribution in [0.2, 0.25) is 0 Å². The summed E-state index contributed by atoms with van der Waals surface area (Å²) in [5.41, 5.74) is 3.21. The molecule has 0 saturated heterocycles. The molecule has 0 bridgehead atoms. The minimum atomic E-state index is -0.504. The molecule has 88 valence electrons. The molecule has 0 atom stereocenters. The normalized spacial score (nSPS) is 11.2. The molecular formula is C12H13N3O2. The van der Waals surface area contributed by atoms with Crippen LogP contribution in [0.15, 0.2) is 37.7 Å². The predicted octanol–water partition coefficient (Wildman–Crippen LogP) is 3.31. The molecule has 2 rings (SSSR count). The lowest BCUT2D eigenvalue weighted by molar-refractivity contribution is 0.388. The zero-order valence-electron chi connectivity index (χ0n) is 9.94. The van der Waals surface area contributed by atoms with E-state index in [1.165, 1.54) is 5.56 Å². The van der Waals surface area contributed by atoms with Gasteiger partial charge in [-0.05, 0) is 32.4 Å². The van der Waals surface area contributed by atoms with Gasteiger partial charge in [-0.3, -0.25) is 0 Å². The summed E-state index contributed by atoms with van der Waals surface area (Å²) in [6.45, 7) is 5.67. The zero-order valence-corrected chi connectivity index (χ0v) is 9.94. The second kappa shape index (κ2) is 4.37. The molecule has 1 heterocycles. The second-order valence-electron chi connectivity index (χ2n) is 3.96. The number of nitrogens with zero attached hydrogens (tertiary/aromatic N) is 2. The van der Waals surface area contributed by atoms with E-state index in [0.29, 0.717) is 5.69 Å². The summed E-state index contributed by atoms with van der Waals surface area (Å²) in [6, 6.07) is 5.84. The number of hydrogen-bond donors (Lipinski definition) is 1. The third kappa shape index (κ3) is 2.33. The highest BCUT2D eigenvalue weighted by Crippen LogP contribution is 2.22. The van der Waals surface area contributed by atoms with Gasteiger partial charge in [0.05, 0.1) is 11.4 Å². The number of benzene rings is 1. The number of aromatic nitrogens is 1. The lowest BCUT2D eigenvalue weighted by Crippen LogP contribution is -1.89. The molecule has 0 fully saturated rings. The molecule has 0 aliphatic rings. The molecule has 0 amide bonds. The van der Waals surface area contributed by atoms with Crippen molar-refractivity contribution in [1.82, 2.24) is 5.16 Å². The summed E-state index contributed by atoms with van der Waals surface area (Å²) >= 11 is 0. The molecule has 17 heavy (non-hydrogen) atoms. The first kappa shape index (κ1) is 11.3. The van der Waals surface area contributed by atoms with Gasteiger partial charge in [0, 0.05) is 0 Å². The van der Waals surface area contributed by atoms with Crippen LogP contribution >= 0.6 is 0 Å². The third-order valence-electron chi connectivity index (χ3n) is 2.46. The summed E-state index contributed by atoms with van der Waals surface area (Å²) in [6.07, 6.45) is 0. The van der Waals surface area contributed by atoms with Crippen LogP contribution in [0.1, 0.15) is 16.8 Å². The highest BCUT2D eigenvalue weighted by molar-refractivity contribution is 5.47. The SMILES string of the molecule is Cc1ccc(N=Nc2c(C)[nH]oc2=O)c(C)c1. The Morgan fingerprint density at radius 1 is 1.18 bits per heavy atom. The molecule has 2 aromatic rings. The van der Waals surface area contributed by atoms with Gasteiger partial charge in [-0.2, -0.15) is 0 Å². The van der Waals surface area contributed by atoms with E-state index in [1.54, 1.807) is 6.92 Å². The first-order chi connectivity index (χ1) is 8.08. The van der Waals surface area contributed by atoms with Gasteiger partial charge in [-0.15, -0.1) is 10.2 Å². The number of aryl methyl sites for hydroxylation is 3. The van der Waals surface area contributed by atoms with Crippen LogP contribution < -0.4 is 5.63 Å². The second-order valence-corrected chi connectivity index (χ2v) is 3.96. The molecule has 1 aromatic heterocycles. The molecule has 0 aliphatic heterocycles. The Kier molecular flexibility index (Phi) is 2.91. The number of nitrogens with one attached hydrogen (secondary N) is 1. The maximum absolute atomic E-state index is 11.2. The van der Waals surface area contributed by atoms with Gasteiger partial charge in [0.2, 0.25) is 0 Å². The van der Waals surface area contributed by atoms with E-state index < -0.39 is 5.63 Å². The third-order valence-corrected chi connectivity index (χ3v) is 2.46. The van der Waals surface area contributed by atoms with Crippen LogP contribution in [-0.2, 0) is 0 Å². The standard InChI is InChI=1S/C12H13N3O2/c1-7-4-5-10(8(2)6-7)13-14-11-9(3)15-17-12(11)16/h4-6,15H,1-3H3. The highest BCUT2D eigenvalue weighted by Gasteiger charge is 2.06. The number of aromatic amines is 1. The Morgan fingerprint density at radius 2 is 1.94 bits per heavy atom. The van der Waals surface area contributed by atoms with E-state index in [9.17, 15) is 4.79 Å². The van der Waals surface area contributed by atoms with Gasteiger partial charge in [-0.25, -0.2) is 9.95 Å². The summed E-state index contributed by atoms with van der Waals surface area (Å²) in [5, 5.41) is 10.4. The molecule has 1 aromatic carbocycles. The van der Waals surface area contributed by atoms with Crippen LogP contribution in [0.25, 0.3) is 0 Å². The Morgan fingerprint density at radius 3 is 2.53 bits per heavy atom. The fourth-order valence-corrected chi connectivity index (χ4v) is 1.51. The summed E-state index contributed by atoms with van der Waals surface area (Å²) in [5.74, 6) is 0. The average Bonchev–Trinajstić information content (AvgIpc) is 2.58. The van der Waals surface area contributed by atoms with Crippen molar-refractivity contribution in [3.05, 3.63) is 45.4 Å². The topological polar surface area (TPSA) is 70.7 Å². The molecule has 5 heteroatoms. The van der Waals surface area contributed by atoms with Gasteiger partial charge in [0.25, 0.3) is 0 Å². The van der Waals surface area contributed by atoms with Gasteiger partial charge < -0.3 is 4.52 Å². The van der Waals surface area contributed by atoms with E-state index in [0.717, 1.165) is 11.3 Å². The molecule has 0 aliphatic carbocycles. The first-order valence-corrected chi connectivity index (χ1v) is 5.25. The summed E-state index contributed by atoms with van der Waals surface area (Å²) in [4.78, 5) is 11.2. The van der Waals surface area contributed by atoms with Crippen molar-refractivity contribution in [2.45, 2.75) is 20.8 Å². The van der Waals surface area contributed by atoms with Crippen LogP contribution in [0, 0.1) is 20.8 Å². The first-order valence-electron chi connectivity index (χ1n) is 5.25. The van der Waals surface area contributed by atoms with E-state index in [2.05, 4.69) is 19.9 Å². The lowest BCUT2D eigenvalue weighted by atomic mass is 10.1. The van der Waals surface area contributed by atoms with Crippen molar-refractivity contribution < 1.29 is 4.52 Å². The lowest BCUT2D eigenvalue weighted by Gasteiger charge is -1.99. The molecule has 0 saturated carbocycles. The van der Waals surface area contributed by atoms with Crippen LogP contribution in [0.5, 0.6) is 0 Å². The number of azo groups is 1. The molecular weight excluding hydrogens is 218 g/mol. The minimum Gasteiger partial charge on any atom is -0.336 e. The fraction of sp³-hybridized carbons (Fsp3) is 0.250. The van der Waals surface area contributed by atoms with Crippen molar-refractivity contribution in [1.29, 1.82) is 0 Å². The molecule has 1 N–H and O–H groups in total. The van der Waals surface area contributed by atoms with Crippen molar-refractivity contribution in [2.75, 3.05) is 0 Å². The Hall–Kier alpha value is -2.17. The fourth-order valence-electron chi connectivity index (χ4n) is 1.51. The van der Waals surface area contributed by atoms with Gasteiger partial charge in [0.1, 0.15) is 0 Å². The van der Waals surface area contributed by atoms with E-state index >= 15 is 0 Å². The van der Waals surface area contributed by atoms with Crippen molar-refractivity contribution in [3.63, 3.8) is 0 Å². The zero-order chi connectivity index (χ0) is 12.4. The quantitative estimate of drug-likeness (QED) is 0.805. The monoisotopic (exact) mass is 231 g/mol. The average molecular weight is 231 g/mol. The van der Waals surface area contributed by atoms with Gasteiger partial charge in [-0.1, -0.05) is 17.7 Å². The Bertz CT molecular complexity index is 623. The Balaban J connectivity index is 2.36. The van der Waals surface area contributed by atoms with Crippen LogP contribution in [0.3, 0.4) is 0 Å². The van der Waals surface area contributed by atoms with Crippen molar-refractivity contribution in [3.8, 4) is 0 Å². The van der Waals surface area contributed by atoms with E-state index in [1.807, 2.05) is 32.0 Å². The van der Waals surface area contributed by atoms with Gasteiger partial charge >= 0.3 is 5.63 Å². The number of hydrogen-bond acceptors (Lipinski definition) is 4. The van der Waals surface area contributed by atoms with Gasteiger partial charge in [0.15, 0.2) is 5.69 Å². The summed E-state index contributed by atoms with van der Waals surface area (Å²) in [7, 11) is 0. The smallest absolute Gasteiger partial charge is 0.336 e. The van der Waals surface area contributed by atoms with E-state index in [-0.39, 0.29) is 5.69 Å². The Labute approximate surface area is 98.2 Å². The number of rotatable bonds is 2. The largest absolute Gasteiger partial charge is 0.384 e. The highest BCUT2D eigenvalue weighted by atomic mass is 16.5. The van der Waals surface area contributed by atoms with Crippen LogP contribution in [0.4, 0.5) is 11.4 Å². The van der Waals surface area contributed by atoms with Crippen LogP contribution in [-0.4, -0.2) is 5.16 Å². The summed E-state index contributed by atoms with van der Waals surface area (Å²) < 4.78 is 4.60.